The summed E-state index contributed by atoms with van der Waals surface area (Å²) in [7, 11) is 0. The SMILES string of the molecule is O=C(Nc1nncs1)c1ccc(NCCc2cc(F)cc(F)c2)nc1. The van der Waals surface area contributed by atoms with E-state index < -0.39 is 11.6 Å². The summed E-state index contributed by atoms with van der Waals surface area (Å²) in [6.07, 6.45) is 1.87. The summed E-state index contributed by atoms with van der Waals surface area (Å²) in [5.41, 5.74) is 2.46. The first-order chi connectivity index (χ1) is 12.1. The van der Waals surface area contributed by atoms with Gasteiger partial charge in [-0.2, -0.15) is 0 Å². The van der Waals surface area contributed by atoms with Crippen molar-refractivity contribution in [1.29, 1.82) is 0 Å². The highest BCUT2D eigenvalue weighted by Gasteiger charge is 2.08. The minimum absolute atomic E-state index is 0.328. The van der Waals surface area contributed by atoms with Crippen molar-refractivity contribution >= 4 is 28.2 Å². The Bertz CT molecular complexity index is 835. The maximum atomic E-state index is 13.1. The predicted molar refractivity (Wildman–Crippen MR) is 90.7 cm³/mol. The Morgan fingerprint density at radius 2 is 1.96 bits per heavy atom. The molecule has 0 aliphatic heterocycles. The molecule has 0 atom stereocenters. The first-order valence-corrected chi connectivity index (χ1v) is 8.20. The average Bonchev–Trinajstić information content (AvgIpc) is 3.07. The van der Waals surface area contributed by atoms with Gasteiger partial charge in [0.2, 0.25) is 5.13 Å². The second-order valence-electron chi connectivity index (χ2n) is 5.08. The molecule has 0 aliphatic carbocycles. The van der Waals surface area contributed by atoms with E-state index in [0.29, 0.717) is 35.0 Å². The van der Waals surface area contributed by atoms with Crippen LogP contribution < -0.4 is 10.6 Å². The van der Waals surface area contributed by atoms with Gasteiger partial charge in [-0.05, 0) is 36.2 Å². The molecule has 0 unspecified atom stereocenters. The van der Waals surface area contributed by atoms with Crippen LogP contribution in [0.5, 0.6) is 0 Å². The Balaban J connectivity index is 1.53. The number of rotatable bonds is 6. The Hall–Kier alpha value is -2.94. The second-order valence-corrected chi connectivity index (χ2v) is 5.92. The number of aromatic nitrogens is 3. The second kappa shape index (κ2) is 7.75. The summed E-state index contributed by atoms with van der Waals surface area (Å²) < 4.78 is 26.2. The van der Waals surface area contributed by atoms with E-state index >= 15 is 0 Å². The molecule has 0 radical (unpaired) electrons. The number of halogens is 2. The van der Waals surface area contributed by atoms with Gasteiger partial charge in [0.1, 0.15) is 23.0 Å². The lowest BCUT2D eigenvalue weighted by Gasteiger charge is -2.07. The molecule has 3 rings (SSSR count). The quantitative estimate of drug-likeness (QED) is 0.705. The third-order valence-electron chi connectivity index (χ3n) is 3.25. The Kier molecular flexibility index (Phi) is 5.24. The molecule has 2 N–H and O–H groups in total. The van der Waals surface area contributed by atoms with Crippen LogP contribution in [0.1, 0.15) is 15.9 Å². The Morgan fingerprint density at radius 1 is 1.16 bits per heavy atom. The normalized spacial score (nSPS) is 10.5. The molecule has 0 saturated carbocycles. The third kappa shape index (κ3) is 4.77. The number of pyridine rings is 1. The summed E-state index contributed by atoms with van der Waals surface area (Å²) in [6, 6.07) is 6.69. The molecule has 2 heterocycles. The highest BCUT2D eigenvalue weighted by atomic mass is 32.1. The molecular weight excluding hydrogens is 348 g/mol. The molecule has 1 aromatic carbocycles. The standard InChI is InChI=1S/C16H13F2N5OS/c17-12-5-10(6-13(18)7-12)3-4-19-14-2-1-11(8-20-14)15(24)22-16-23-21-9-25-16/h1-2,5-9H,3-4H2,(H,19,20)(H,22,23,24). The number of hydrogen-bond acceptors (Lipinski definition) is 6. The minimum atomic E-state index is -0.598. The lowest BCUT2D eigenvalue weighted by Crippen LogP contribution is -2.13. The van der Waals surface area contributed by atoms with Crippen molar-refractivity contribution in [3.63, 3.8) is 0 Å². The van der Waals surface area contributed by atoms with Crippen molar-refractivity contribution in [3.8, 4) is 0 Å². The smallest absolute Gasteiger partial charge is 0.259 e. The van der Waals surface area contributed by atoms with Gasteiger partial charge in [-0.1, -0.05) is 11.3 Å². The van der Waals surface area contributed by atoms with Crippen molar-refractivity contribution in [2.24, 2.45) is 0 Å². The van der Waals surface area contributed by atoms with Crippen molar-refractivity contribution in [2.75, 3.05) is 17.2 Å². The summed E-state index contributed by atoms with van der Waals surface area (Å²) in [6.45, 7) is 0.451. The first-order valence-electron chi connectivity index (χ1n) is 7.32. The molecule has 25 heavy (non-hydrogen) atoms. The maximum Gasteiger partial charge on any atom is 0.259 e. The Labute approximate surface area is 146 Å². The summed E-state index contributed by atoms with van der Waals surface area (Å²) >= 11 is 1.22. The largest absolute Gasteiger partial charge is 0.370 e. The number of anilines is 2. The van der Waals surface area contributed by atoms with Crippen LogP contribution in [-0.4, -0.2) is 27.6 Å². The van der Waals surface area contributed by atoms with Gasteiger partial charge in [0.15, 0.2) is 0 Å². The number of nitrogens with one attached hydrogen (secondary N) is 2. The van der Waals surface area contributed by atoms with E-state index in [1.54, 1.807) is 12.1 Å². The molecule has 3 aromatic rings. The number of nitrogens with zero attached hydrogens (tertiary/aromatic N) is 3. The van der Waals surface area contributed by atoms with E-state index in [-0.39, 0.29) is 5.91 Å². The van der Waals surface area contributed by atoms with E-state index in [0.717, 1.165) is 6.07 Å². The van der Waals surface area contributed by atoms with Crippen LogP contribution in [0.15, 0.2) is 42.0 Å². The van der Waals surface area contributed by atoms with Gasteiger partial charge in [-0.25, -0.2) is 13.8 Å². The fourth-order valence-corrected chi connectivity index (χ4v) is 2.56. The van der Waals surface area contributed by atoms with Crippen LogP contribution in [0, 0.1) is 11.6 Å². The number of benzene rings is 1. The summed E-state index contributed by atoms with van der Waals surface area (Å²) in [5, 5.41) is 13.4. The van der Waals surface area contributed by atoms with E-state index in [4.69, 9.17) is 0 Å². The highest BCUT2D eigenvalue weighted by Crippen LogP contribution is 2.12. The summed E-state index contributed by atoms with van der Waals surface area (Å²) in [5.74, 6) is -0.965. The van der Waals surface area contributed by atoms with Gasteiger partial charge in [0.05, 0.1) is 5.56 Å². The van der Waals surface area contributed by atoms with Crippen molar-refractivity contribution in [3.05, 3.63) is 64.8 Å². The van der Waals surface area contributed by atoms with Gasteiger partial charge in [0, 0.05) is 18.8 Å². The van der Waals surface area contributed by atoms with Crippen molar-refractivity contribution < 1.29 is 13.6 Å². The van der Waals surface area contributed by atoms with E-state index in [2.05, 4.69) is 25.8 Å². The van der Waals surface area contributed by atoms with E-state index in [1.165, 1.54) is 35.2 Å². The first kappa shape index (κ1) is 16.9. The lowest BCUT2D eigenvalue weighted by atomic mass is 10.1. The average molecular weight is 361 g/mol. The van der Waals surface area contributed by atoms with Gasteiger partial charge < -0.3 is 5.32 Å². The highest BCUT2D eigenvalue weighted by molar-refractivity contribution is 7.13. The molecule has 6 nitrogen and oxygen atoms in total. The molecule has 0 saturated heterocycles. The van der Waals surface area contributed by atoms with Gasteiger partial charge >= 0.3 is 0 Å². The topological polar surface area (TPSA) is 79.8 Å². The van der Waals surface area contributed by atoms with Crippen LogP contribution in [0.4, 0.5) is 19.7 Å². The Morgan fingerprint density at radius 3 is 2.60 bits per heavy atom. The number of carbonyl (C=O) groups is 1. The molecule has 0 bridgehead atoms. The van der Waals surface area contributed by atoms with Crippen molar-refractivity contribution in [2.45, 2.75) is 6.42 Å². The number of hydrogen-bond donors (Lipinski definition) is 2. The van der Waals surface area contributed by atoms with Gasteiger partial charge in [-0.15, -0.1) is 10.2 Å². The molecule has 1 amide bonds. The van der Waals surface area contributed by atoms with E-state index in [1.807, 2.05) is 0 Å². The molecular formula is C16H13F2N5OS. The fourth-order valence-electron chi connectivity index (χ4n) is 2.12. The van der Waals surface area contributed by atoms with Crippen LogP contribution in [-0.2, 0) is 6.42 Å². The predicted octanol–water partition coefficient (Wildman–Crippen LogP) is 3.12. The van der Waals surface area contributed by atoms with Crippen LogP contribution in [0.2, 0.25) is 0 Å². The lowest BCUT2D eigenvalue weighted by molar-refractivity contribution is 0.102. The third-order valence-corrected chi connectivity index (χ3v) is 3.85. The zero-order valence-electron chi connectivity index (χ0n) is 12.9. The number of carbonyl (C=O) groups excluding carboxylic acids is 1. The molecule has 2 aromatic heterocycles. The molecule has 0 spiro atoms. The van der Waals surface area contributed by atoms with Crippen LogP contribution in [0.3, 0.4) is 0 Å². The molecule has 0 aliphatic rings. The zero-order chi connectivity index (χ0) is 17.6. The monoisotopic (exact) mass is 361 g/mol. The van der Waals surface area contributed by atoms with Gasteiger partial charge in [-0.3, -0.25) is 10.1 Å². The molecule has 0 fully saturated rings. The molecule has 128 valence electrons. The van der Waals surface area contributed by atoms with Crippen LogP contribution in [0.25, 0.3) is 0 Å². The zero-order valence-corrected chi connectivity index (χ0v) is 13.7. The van der Waals surface area contributed by atoms with Gasteiger partial charge in [0.25, 0.3) is 5.91 Å². The van der Waals surface area contributed by atoms with Crippen LogP contribution >= 0.6 is 11.3 Å². The van der Waals surface area contributed by atoms with E-state index in [9.17, 15) is 13.6 Å². The maximum absolute atomic E-state index is 13.1. The fraction of sp³-hybridized carbons (Fsp3) is 0.125. The number of amides is 1. The summed E-state index contributed by atoms with van der Waals surface area (Å²) in [4.78, 5) is 16.1. The molecule has 9 heteroatoms. The van der Waals surface area contributed by atoms with Crippen molar-refractivity contribution in [1.82, 2.24) is 15.2 Å². The minimum Gasteiger partial charge on any atom is -0.370 e.